The SMILES string of the molecule is COc1cc(CO)cc(CSC)c1OC(C)=O. The molecule has 0 spiro atoms. The molecule has 0 aliphatic carbocycles. The van der Waals surface area contributed by atoms with Crippen LogP contribution in [0.1, 0.15) is 18.1 Å². The lowest BCUT2D eigenvalue weighted by Crippen LogP contribution is -2.06. The number of methoxy groups -OCH3 is 1. The van der Waals surface area contributed by atoms with Gasteiger partial charge in [0.15, 0.2) is 11.5 Å². The number of esters is 1. The van der Waals surface area contributed by atoms with E-state index < -0.39 is 0 Å². The average molecular weight is 256 g/mol. The van der Waals surface area contributed by atoms with Crippen molar-refractivity contribution < 1.29 is 19.4 Å². The summed E-state index contributed by atoms with van der Waals surface area (Å²) in [5, 5.41) is 9.15. The molecular formula is C12H16O4S. The number of benzene rings is 1. The number of rotatable bonds is 5. The van der Waals surface area contributed by atoms with Crippen LogP contribution in [0.15, 0.2) is 12.1 Å². The third-order valence-electron chi connectivity index (χ3n) is 2.14. The predicted octanol–water partition coefficient (Wildman–Crippen LogP) is 1.98. The Labute approximate surface area is 105 Å². The highest BCUT2D eigenvalue weighted by Gasteiger charge is 2.14. The van der Waals surface area contributed by atoms with Gasteiger partial charge in [0.2, 0.25) is 0 Å². The van der Waals surface area contributed by atoms with Gasteiger partial charge in [0.05, 0.1) is 13.7 Å². The molecule has 94 valence electrons. The lowest BCUT2D eigenvalue weighted by Gasteiger charge is -2.14. The fourth-order valence-electron chi connectivity index (χ4n) is 1.49. The molecule has 0 radical (unpaired) electrons. The van der Waals surface area contributed by atoms with Crippen LogP contribution in [0, 0.1) is 0 Å². The maximum Gasteiger partial charge on any atom is 0.308 e. The molecule has 0 amide bonds. The molecule has 0 aliphatic rings. The zero-order valence-corrected chi connectivity index (χ0v) is 11.0. The van der Waals surface area contributed by atoms with Crippen molar-refractivity contribution in [2.45, 2.75) is 19.3 Å². The Balaban J connectivity index is 3.24. The maximum atomic E-state index is 11.1. The second-order valence-corrected chi connectivity index (χ2v) is 4.34. The summed E-state index contributed by atoms with van der Waals surface area (Å²) in [6, 6.07) is 3.49. The molecule has 1 aromatic rings. The molecule has 0 saturated heterocycles. The number of hydrogen-bond donors (Lipinski definition) is 1. The van der Waals surface area contributed by atoms with Crippen molar-refractivity contribution in [3.05, 3.63) is 23.3 Å². The number of ether oxygens (including phenoxy) is 2. The minimum absolute atomic E-state index is 0.0713. The van der Waals surface area contributed by atoms with E-state index in [-0.39, 0.29) is 12.6 Å². The minimum atomic E-state index is -0.387. The maximum absolute atomic E-state index is 11.1. The van der Waals surface area contributed by atoms with Crippen LogP contribution in [-0.4, -0.2) is 24.4 Å². The predicted molar refractivity (Wildman–Crippen MR) is 67.4 cm³/mol. The number of hydrogen-bond acceptors (Lipinski definition) is 5. The highest BCUT2D eigenvalue weighted by atomic mass is 32.2. The Bertz CT molecular complexity index is 404. The van der Waals surface area contributed by atoms with Crippen molar-refractivity contribution in [1.82, 2.24) is 0 Å². The fraction of sp³-hybridized carbons (Fsp3) is 0.417. The molecule has 0 aromatic heterocycles. The number of thioether (sulfide) groups is 1. The normalized spacial score (nSPS) is 10.1. The second kappa shape index (κ2) is 6.51. The summed E-state index contributed by atoms with van der Waals surface area (Å²) in [5.41, 5.74) is 1.58. The molecule has 1 rings (SSSR count). The molecule has 0 saturated carbocycles. The van der Waals surface area contributed by atoms with Crippen LogP contribution in [0.25, 0.3) is 0 Å². The lowest BCUT2D eigenvalue weighted by molar-refractivity contribution is -0.132. The fourth-order valence-corrected chi connectivity index (χ4v) is 2.01. The first-order valence-corrected chi connectivity index (χ1v) is 6.49. The van der Waals surface area contributed by atoms with Gasteiger partial charge in [-0.15, -0.1) is 0 Å². The molecule has 0 bridgehead atoms. The van der Waals surface area contributed by atoms with Crippen LogP contribution in [0.4, 0.5) is 0 Å². The quantitative estimate of drug-likeness (QED) is 0.645. The van der Waals surface area contributed by atoms with Gasteiger partial charge in [0.25, 0.3) is 0 Å². The van der Waals surface area contributed by atoms with Crippen LogP contribution in [0.3, 0.4) is 0 Å². The Morgan fingerprint density at radius 1 is 1.47 bits per heavy atom. The Morgan fingerprint density at radius 2 is 2.18 bits per heavy atom. The van der Waals surface area contributed by atoms with E-state index in [4.69, 9.17) is 14.6 Å². The third-order valence-corrected chi connectivity index (χ3v) is 2.74. The Hall–Kier alpha value is -1.20. The van der Waals surface area contributed by atoms with Crippen molar-refractivity contribution in [3.63, 3.8) is 0 Å². The van der Waals surface area contributed by atoms with Gasteiger partial charge in [-0.2, -0.15) is 11.8 Å². The van der Waals surface area contributed by atoms with E-state index in [0.717, 1.165) is 11.1 Å². The van der Waals surface area contributed by atoms with E-state index in [1.807, 2.05) is 12.3 Å². The first-order chi connectivity index (χ1) is 8.12. The van der Waals surface area contributed by atoms with Crippen LogP contribution < -0.4 is 9.47 Å². The van der Waals surface area contributed by atoms with E-state index in [0.29, 0.717) is 17.3 Å². The van der Waals surface area contributed by atoms with Gasteiger partial charge in [-0.05, 0) is 24.0 Å². The van der Waals surface area contributed by atoms with Crippen LogP contribution in [-0.2, 0) is 17.2 Å². The van der Waals surface area contributed by atoms with Crippen LogP contribution in [0.2, 0.25) is 0 Å². The average Bonchev–Trinajstić information content (AvgIpc) is 2.30. The van der Waals surface area contributed by atoms with Gasteiger partial charge in [0.1, 0.15) is 0 Å². The second-order valence-electron chi connectivity index (χ2n) is 3.47. The molecule has 0 atom stereocenters. The van der Waals surface area contributed by atoms with Gasteiger partial charge in [-0.3, -0.25) is 4.79 Å². The highest BCUT2D eigenvalue weighted by molar-refractivity contribution is 7.97. The third kappa shape index (κ3) is 3.64. The first-order valence-electron chi connectivity index (χ1n) is 5.10. The van der Waals surface area contributed by atoms with E-state index in [1.165, 1.54) is 14.0 Å². The van der Waals surface area contributed by atoms with Crippen molar-refractivity contribution in [2.75, 3.05) is 13.4 Å². The summed E-state index contributed by atoms with van der Waals surface area (Å²) < 4.78 is 10.3. The molecule has 0 aliphatic heterocycles. The zero-order chi connectivity index (χ0) is 12.8. The first kappa shape index (κ1) is 13.9. The van der Waals surface area contributed by atoms with E-state index in [9.17, 15) is 4.79 Å². The van der Waals surface area contributed by atoms with Gasteiger partial charge in [-0.25, -0.2) is 0 Å². The molecular weight excluding hydrogens is 240 g/mol. The molecule has 17 heavy (non-hydrogen) atoms. The lowest BCUT2D eigenvalue weighted by atomic mass is 10.1. The van der Waals surface area contributed by atoms with Gasteiger partial charge in [0, 0.05) is 18.2 Å². The highest BCUT2D eigenvalue weighted by Crippen LogP contribution is 2.35. The summed E-state index contributed by atoms with van der Waals surface area (Å²) in [6.07, 6.45) is 1.95. The molecule has 5 heteroatoms. The molecule has 4 nitrogen and oxygen atoms in total. The molecule has 0 fully saturated rings. The number of carbonyl (C=O) groups is 1. The number of aliphatic hydroxyl groups excluding tert-OH is 1. The molecule has 0 heterocycles. The van der Waals surface area contributed by atoms with E-state index in [1.54, 1.807) is 17.8 Å². The number of aliphatic hydroxyl groups is 1. The summed E-state index contributed by atoms with van der Waals surface area (Å²) in [5.74, 6) is 1.21. The van der Waals surface area contributed by atoms with Crippen LogP contribution >= 0.6 is 11.8 Å². The number of carbonyl (C=O) groups excluding carboxylic acids is 1. The summed E-state index contributed by atoms with van der Waals surface area (Å²) in [6.45, 7) is 1.28. The topological polar surface area (TPSA) is 55.8 Å². The molecule has 1 N–H and O–H groups in total. The van der Waals surface area contributed by atoms with Crippen molar-refractivity contribution in [2.24, 2.45) is 0 Å². The van der Waals surface area contributed by atoms with Gasteiger partial charge >= 0.3 is 5.97 Å². The minimum Gasteiger partial charge on any atom is -0.493 e. The smallest absolute Gasteiger partial charge is 0.308 e. The van der Waals surface area contributed by atoms with Crippen LogP contribution in [0.5, 0.6) is 11.5 Å². The summed E-state index contributed by atoms with van der Waals surface area (Å²) >= 11 is 1.61. The van der Waals surface area contributed by atoms with Crippen molar-refractivity contribution in [1.29, 1.82) is 0 Å². The van der Waals surface area contributed by atoms with Crippen molar-refractivity contribution >= 4 is 17.7 Å². The summed E-state index contributed by atoms with van der Waals surface area (Å²) in [4.78, 5) is 11.1. The molecule has 1 aromatic carbocycles. The van der Waals surface area contributed by atoms with Crippen molar-refractivity contribution in [3.8, 4) is 11.5 Å². The largest absolute Gasteiger partial charge is 0.493 e. The van der Waals surface area contributed by atoms with E-state index in [2.05, 4.69) is 0 Å². The standard InChI is InChI=1S/C12H16O4S/c1-8(14)16-12-10(7-17-3)4-9(6-13)5-11(12)15-2/h4-5,13H,6-7H2,1-3H3. The monoisotopic (exact) mass is 256 g/mol. The van der Waals surface area contributed by atoms with Gasteiger partial charge in [-0.1, -0.05) is 0 Å². The Kier molecular flexibility index (Phi) is 5.31. The Morgan fingerprint density at radius 3 is 2.65 bits per heavy atom. The van der Waals surface area contributed by atoms with E-state index >= 15 is 0 Å². The zero-order valence-electron chi connectivity index (χ0n) is 10.1. The molecule has 0 unspecified atom stereocenters. The van der Waals surface area contributed by atoms with Gasteiger partial charge < -0.3 is 14.6 Å². The summed E-state index contributed by atoms with van der Waals surface area (Å²) in [7, 11) is 1.51.